The number of nitrogens with one attached hydrogen (secondary N) is 1. The number of ether oxygens (including phenoxy) is 1. The molecular formula is C23H19N3O2. The highest BCUT2D eigenvalue weighted by Gasteiger charge is 2.07. The smallest absolute Gasteiger partial charge is 0.258 e. The van der Waals surface area contributed by atoms with Crippen LogP contribution in [-0.2, 0) is 11.3 Å². The number of fused-ring (bicyclic) bond motifs is 1. The van der Waals surface area contributed by atoms with Crippen molar-refractivity contribution in [1.29, 1.82) is 0 Å². The summed E-state index contributed by atoms with van der Waals surface area (Å²) in [6.07, 6.45) is 1.51. The molecule has 3 aromatic carbocycles. The topological polar surface area (TPSA) is 64.1 Å². The molecule has 0 saturated carbocycles. The van der Waals surface area contributed by atoms with Gasteiger partial charge in [-0.2, -0.15) is 0 Å². The Morgan fingerprint density at radius 2 is 1.68 bits per heavy atom. The van der Waals surface area contributed by atoms with E-state index in [0.29, 0.717) is 12.3 Å². The zero-order valence-electron chi connectivity index (χ0n) is 15.2. The monoisotopic (exact) mass is 369 g/mol. The number of aromatic nitrogens is 2. The van der Waals surface area contributed by atoms with Gasteiger partial charge in [0.05, 0.1) is 17.9 Å². The first-order valence-corrected chi connectivity index (χ1v) is 9.03. The zero-order chi connectivity index (χ0) is 19.2. The second-order valence-electron chi connectivity index (χ2n) is 6.30. The minimum Gasteiger partial charge on any atom is -0.483 e. The van der Waals surface area contributed by atoms with E-state index in [1.165, 1.54) is 6.33 Å². The molecule has 0 radical (unpaired) electrons. The van der Waals surface area contributed by atoms with Gasteiger partial charge < -0.3 is 10.1 Å². The highest BCUT2D eigenvalue weighted by atomic mass is 16.5. The number of benzene rings is 3. The van der Waals surface area contributed by atoms with E-state index in [-0.39, 0.29) is 12.5 Å². The van der Waals surface area contributed by atoms with Crippen molar-refractivity contribution < 1.29 is 9.53 Å². The minimum absolute atomic E-state index is 0.0510. The lowest BCUT2D eigenvalue weighted by Crippen LogP contribution is -2.28. The number of carbonyl (C=O) groups is 1. The van der Waals surface area contributed by atoms with Crippen LogP contribution in [0.1, 0.15) is 5.69 Å². The molecule has 0 saturated heterocycles. The van der Waals surface area contributed by atoms with E-state index >= 15 is 0 Å². The molecule has 0 aliphatic carbocycles. The number of amides is 1. The van der Waals surface area contributed by atoms with Gasteiger partial charge in [0.1, 0.15) is 12.1 Å². The molecule has 0 fully saturated rings. The van der Waals surface area contributed by atoms with Crippen molar-refractivity contribution >= 4 is 16.7 Å². The summed E-state index contributed by atoms with van der Waals surface area (Å²) >= 11 is 0. The van der Waals surface area contributed by atoms with E-state index in [1.54, 1.807) is 0 Å². The second kappa shape index (κ2) is 8.31. The molecule has 0 aliphatic heterocycles. The van der Waals surface area contributed by atoms with Gasteiger partial charge in [-0.1, -0.05) is 66.7 Å². The minimum atomic E-state index is -0.201. The summed E-state index contributed by atoms with van der Waals surface area (Å²) < 4.78 is 5.72. The first kappa shape index (κ1) is 17.7. The molecule has 0 atom stereocenters. The maximum Gasteiger partial charge on any atom is 0.258 e. The summed E-state index contributed by atoms with van der Waals surface area (Å²) in [5, 5.41) is 4.91. The van der Waals surface area contributed by atoms with Crippen LogP contribution in [0.3, 0.4) is 0 Å². The van der Waals surface area contributed by atoms with E-state index in [9.17, 15) is 4.79 Å². The van der Waals surface area contributed by atoms with Crippen molar-refractivity contribution in [3.8, 4) is 17.0 Å². The molecule has 5 heteroatoms. The van der Waals surface area contributed by atoms with Crippen LogP contribution in [0.2, 0.25) is 0 Å². The van der Waals surface area contributed by atoms with Crippen molar-refractivity contribution in [2.45, 2.75) is 6.54 Å². The number of rotatable bonds is 6. The van der Waals surface area contributed by atoms with Gasteiger partial charge >= 0.3 is 0 Å². The Labute approximate surface area is 163 Å². The summed E-state index contributed by atoms with van der Waals surface area (Å²) in [4.78, 5) is 20.7. The van der Waals surface area contributed by atoms with Gasteiger partial charge in [0.25, 0.3) is 5.91 Å². The van der Waals surface area contributed by atoms with Crippen LogP contribution in [0.5, 0.6) is 5.75 Å². The molecule has 4 aromatic rings. The summed E-state index contributed by atoms with van der Waals surface area (Å²) in [7, 11) is 0. The molecule has 4 rings (SSSR count). The predicted octanol–water partition coefficient (Wildman–Crippen LogP) is 3.99. The molecule has 1 aromatic heterocycles. The fraction of sp³-hybridized carbons (Fsp3) is 0.0870. The molecule has 1 N–H and O–H groups in total. The number of hydrogen-bond donors (Lipinski definition) is 1. The van der Waals surface area contributed by atoms with E-state index in [0.717, 1.165) is 27.7 Å². The molecule has 5 nitrogen and oxygen atoms in total. The van der Waals surface area contributed by atoms with E-state index in [1.807, 2.05) is 78.9 Å². The van der Waals surface area contributed by atoms with E-state index in [2.05, 4.69) is 15.3 Å². The van der Waals surface area contributed by atoms with Crippen LogP contribution in [0.15, 0.2) is 85.2 Å². The van der Waals surface area contributed by atoms with Crippen molar-refractivity contribution in [2.24, 2.45) is 0 Å². The summed E-state index contributed by atoms with van der Waals surface area (Å²) in [5.41, 5.74) is 2.58. The predicted molar refractivity (Wildman–Crippen MR) is 109 cm³/mol. The van der Waals surface area contributed by atoms with Crippen molar-refractivity contribution in [3.63, 3.8) is 0 Å². The number of nitrogens with zero attached hydrogens (tertiary/aromatic N) is 2. The first-order chi connectivity index (χ1) is 13.8. The Kier molecular flexibility index (Phi) is 5.24. The second-order valence-corrected chi connectivity index (χ2v) is 6.30. The van der Waals surface area contributed by atoms with Crippen LogP contribution in [0.25, 0.3) is 22.0 Å². The molecule has 0 unspecified atom stereocenters. The third-order valence-electron chi connectivity index (χ3n) is 4.37. The average molecular weight is 369 g/mol. The van der Waals surface area contributed by atoms with Gasteiger partial charge in [0, 0.05) is 10.9 Å². The van der Waals surface area contributed by atoms with Crippen molar-refractivity contribution in [1.82, 2.24) is 15.3 Å². The Morgan fingerprint density at radius 3 is 2.57 bits per heavy atom. The van der Waals surface area contributed by atoms with Gasteiger partial charge in [0.15, 0.2) is 6.61 Å². The zero-order valence-corrected chi connectivity index (χ0v) is 15.2. The molecular weight excluding hydrogens is 350 g/mol. The Balaban J connectivity index is 1.36. The lowest BCUT2D eigenvalue weighted by atomic mass is 10.1. The van der Waals surface area contributed by atoms with Crippen molar-refractivity contribution in [2.75, 3.05) is 6.61 Å². The summed E-state index contributed by atoms with van der Waals surface area (Å²) in [6, 6.07) is 25.5. The fourth-order valence-corrected chi connectivity index (χ4v) is 2.97. The average Bonchev–Trinajstić information content (AvgIpc) is 2.77. The van der Waals surface area contributed by atoms with E-state index in [4.69, 9.17) is 4.74 Å². The molecule has 1 amide bonds. The van der Waals surface area contributed by atoms with Gasteiger partial charge in [-0.3, -0.25) is 4.79 Å². The molecule has 0 aliphatic rings. The third-order valence-corrected chi connectivity index (χ3v) is 4.37. The quantitative estimate of drug-likeness (QED) is 0.558. The van der Waals surface area contributed by atoms with Gasteiger partial charge in [-0.15, -0.1) is 0 Å². The van der Waals surface area contributed by atoms with Crippen molar-refractivity contribution in [3.05, 3.63) is 90.9 Å². The van der Waals surface area contributed by atoms with Crippen LogP contribution < -0.4 is 10.1 Å². The van der Waals surface area contributed by atoms with Crippen LogP contribution in [-0.4, -0.2) is 22.5 Å². The summed E-state index contributed by atoms with van der Waals surface area (Å²) in [5.74, 6) is 0.495. The van der Waals surface area contributed by atoms with Crippen LogP contribution in [0.4, 0.5) is 0 Å². The highest BCUT2D eigenvalue weighted by molar-refractivity contribution is 5.88. The molecule has 0 bridgehead atoms. The third kappa shape index (κ3) is 4.15. The molecule has 28 heavy (non-hydrogen) atoms. The lowest BCUT2D eigenvalue weighted by molar-refractivity contribution is -0.123. The summed E-state index contributed by atoms with van der Waals surface area (Å²) in [6.45, 7) is 0.269. The maximum atomic E-state index is 12.2. The molecule has 138 valence electrons. The number of hydrogen-bond acceptors (Lipinski definition) is 4. The highest BCUT2D eigenvalue weighted by Crippen LogP contribution is 2.25. The largest absolute Gasteiger partial charge is 0.483 e. The van der Waals surface area contributed by atoms with Crippen LogP contribution in [0, 0.1) is 0 Å². The fourth-order valence-electron chi connectivity index (χ4n) is 2.97. The molecule has 1 heterocycles. The Morgan fingerprint density at radius 1 is 0.893 bits per heavy atom. The van der Waals surface area contributed by atoms with Crippen LogP contribution >= 0.6 is 0 Å². The van der Waals surface area contributed by atoms with Gasteiger partial charge in [-0.25, -0.2) is 9.97 Å². The standard InChI is InChI=1S/C23H19N3O2/c27-23(15-28-22-12-6-10-17-7-4-5-11-20(17)22)24-14-19-13-21(26-16-25-19)18-8-2-1-3-9-18/h1-13,16H,14-15H2,(H,24,27). The van der Waals surface area contributed by atoms with E-state index < -0.39 is 0 Å². The normalized spacial score (nSPS) is 10.6. The Bertz CT molecular complexity index is 1090. The number of carbonyl (C=O) groups excluding carboxylic acids is 1. The van der Waals surface area contributed by atoms with Gasteiger partial charge in [-0.05, 0) is 17.5 Å². The maximum absolute atomic E-state index is 12.2. The first-order valence-electron chi connectivity index (χ1n) is 9.03. The Hall–Kier alpha value is -3.73. The molecule has 0 spiro atoms. The van der Waals surface area contributed by atoms with Gasteiger partial charge in [0.2, 0.25) is 0 Å². The lowest BCUT2D eigenvalue weighted by Gasteiger charge is -2.10. The SMILES string of the molecule is O=C(COc1cccc2ccccc12)NCc1cc(-c2ccccc2)ncn1.